The molecule has 0 aliphatic carbocycles. The van der Waals surface area contributed by atoms with Gasteiger partial charge in [0.1, 0.15) is 0 Å². The number of hydrogen-bond acceptors (Lipinski definition) is 4. The fourth-order valence-electron chi connectivity index (χ4n) is 3.29. The van der Waals surface area contributed by atoms with Gasteiger partial charge in [0.25, 0.3) is 0 Å². The van der Waals surface area contributed by atoms with E-state index < -0.39 is 0 Å². The van der Waals surface area contributed by atoms with E-state index in [4.69, 9.17) is 23.2 Å². The van der Waals surface area contributed by atoms with Gasteiger partial charge in [-0.15, -0.1) is 0 Å². The number of benzene rings is 1. The van der Waals surface area contributed by atoms with Crippen LogP contribution in [0.3, 0.4) is 0 Å². The van der Waals surface area contributed by atoms with E-state index in [2.05, 4.69) is 20.4 Å². The first-order chi connectivity index (χ1) is 11.1. The first kappa shape index (κ1) is 17.0. The van der Waals surface area contributed by atoms with Crippen molar-refractivity contribution in [1.29, 1.82) is 0 Å². The van der Waals surface area contributed by atoms with Gasteiger partial charge in [-0.05, 0) is 24.6 Å². The minimum atomic E-state index is -0.0462. The maximum atomic E-state index is 12.2. The molecule has 1 aromatic carbocycles. The molecule has 2 saturated heterocycles. The lowest BCUT2D eigenvalue weighted by molar-refractivity contribution is -0.117. The molecule has 2 fully saturated rings. The average molecular weight is 357 g/mol. The van der Waals surface area contributed by atoms with Gasteiger partial charge in [0, 0.05) is 50.3 Å². The van der Waals surface area contributed by atoms with Gasteiger partial charge in [-0.1, -0.05) is 23.2 Å². The van der Waals surface area contributed by atoms with Crippen LogP contribution in [0, 0.1) is 0 Å². The minimum Gasteiger partial charge on any atom is -0.324 e. The highest BCUT2D eigenvalue weighted by atomic mass is 35.5. The van der Waals surface area contributed by atoms with Gasteiger partial charge in [0.05, 0.1) is 17.3 Å². The summed E-state index contributed by atoms with van der Waals surface area (Å²) in [6.45, 7) is 6.63. The Morgan fingerprint density at radius 2 is 2.04 bits per heavy atom. The fraction of sp³-hybridized carbons (Fsp3) is 0.562. The van der Waals surface area contributed by atoms with Crippen molar-refractivity contribution in [2.45, 2.75) is 12.5 Å². The molecule has 2 N–H and O–H groups in total. The van der Waals surface area contributed by atoms with Crippen molar-refractivity contribution in [3.8, 4) is 0 Å². The Hall–Kier alpha value is -0.850. The lowest BCUT2D eigenvalue weighted by Gasteiger charge is -2.32. The number of hydrogen-bond donors (Lipinski definition) is 2. The highest BCUT2D eigenvalue weighted by molar-refractivity contribution is 6.35. The van der Waals surface area contributed by atoms with Gasteiger partial charge >= 0.3 is 0 Å². The fourth-order valence-corrected chi connectivity index (χ4v) is 3.62. The molecule has 0 spiro atoms. The summed E-state index contributed by atoms with van der Waals surface area (Å²) < 4.78 is 0. The minimum absolute atomic E-state index is 0.0462. The number of nitrogens with zero attached hydrogens (tertiary/aromatic N) is 2. The highest BCUT2D eigenvalue weighted by Gasteiger charge is 2.29. The van der Waals surface area contributed by atoms with Gasteiger partial charge in [0.15, 0.2) is 0 Å². The van der Waals surface area contributed by atoms with E-state index in [9.17, 15) is 4.79 Å². The second-order valence-corrected chi connectivity index (χ2v) is 6.98. The molecule has 7 heteroatoms. The molecule has 126 valence electrons. The lowest BCUT2D eigenvalue weighted by atomic mass is 10.2. The van der Waals surface area contributed by atoms with Crippen molar-refractivity contribution in [1.82, 2.24) is 15.1 Å². The molecule has 0 bridgehead atoms. The maximum Gasteiger partial charge on any atom is 0.238 e. The second kappa shape index (κ2) is 7.81. The maximum absolute atomic E-state index is 12.2. The van der Waals surface area contributed by atoms with Crippen LogP contribution < -0.4 is 10.6 Å². The van der Waals surface area contributed by atoms with Gasteiger partial charge in [-0.3, -0.25) is 14.6 Å². The largest absolute Gasteiger partial charge is 0.324 e. The van der Waals surface area contributed by atoms with Gasteiger partial charge in [-0.2, -0.15) is 0 Å². The quantitative estimate of drug-likeness (QED) is 0.864. The van der Waals surface area contributed by atoms with Crippen LogP contribution in [0.1, 0.15) is 6.42 Å². The number of halogens is 2. The zero-order chi connectivity index (χ0) is 16.2. The van der Waals surface area contributed by atoms with Crippen molar-refractivity contribution in [2.24, 2.45) is 0 Å². The van der Waals surface area contributed by atoms with Crippen molar-refractivity contribution in [3.05, 3.63) is 28.2 Å². The number of anilines is 1. The van der Waals surface area contributed by atoms with Crippen LogP contribution in [-0.2, 0) is 4.79 Å². The Bertz CT molecular complexity index is 563. The molecule has 1 aromatic rings. The van der Waals surface area contributed by atoms with Crippen LogP contribution in [0.4, 0.5) is 5.69 Å². The number of amides is 1. The molecule has 1 atom stereocenters. The van der Waals surface area contributed by atoms with Crippen LogP contribution >= 0.6 is 23.2 Å². The third-order valence-electron chi connectivity index (χ3n) is 4.49. The Morgan fingerprint density at radius 3 is 2.83 bits per heavy atom. The van der Waals surface area contributed by atoms with Gasteiger partial charge < -0.3 is 10.6 Å². The van der Waals surface area contributed by atoms with E-state index in [1.54, 1.807) is 18.2 Å². The molecule has 0 radical (unpaired) electrons. The standard InChI is InChI=1S/C16H22Cl2N4O/c17-12-1-2-14(18)15(9-12)20-16(23)11-21-6-3-13(10-21)22-7-4-19-5-8-22/h1-2,9,13,19H,3-8,10-11H2,(H,20,23). The smallest absolute Gasteiger partial charge is 0.238 e. The third kappa shape index (κ3) is 4.58. The van der Waals surface area contributed by atoms with Crippen molar-refractivity contribution in [2.75, 3.05) is 51.1 Å². The number of rotatable bonds is 4. The molecule has 2 aliphatic rings. The second-order valence-electron chi connectivity index (χ2n) is 6.14. The van der Waals surface area contributed by atoms with Crippen molar-refractivity contribution in [3.63, 3.8) is 0 Å². The Kier molecular flexibility index (Phi) is 5.77. The molecular weight excluding hydrogens is 335 g/mol. The summed E-state index contributed by atoms with van der Waals surface area (Å²) in [4.78, 5) is 17.0. The lowest BCUT2D eigenvalue weighted by Crippen LogP contribution is -2.49. The predicted molar refractivity (Wildman–Crippen MR) is 94.4 cm³/mol. The molecular formula is C16H22Cl2N4O. The molecule has 3 rings (SSSR count). The first-order valence-electron chi connectivity index (χ1n) is 8.04. The zero-order valence-corrected chi connectivity index (χ0v) is 14.5. The molecule has 2 aliphatic heterocycles. The predicted octanol–water partition coefficient (Wildman–Crippen LogP) is 1.91. The average Bonchev–Trinajstić information content (AvgIpc) is 3.00. The zero-order valence-electron chi connectivity index (χ0n) is 13.0. The van der Waals surface area contributed by atoms with E-state index >= 15 is 0 Å². The molecule has 1 unspecified atom stereocenters. The number of likely N-dealkylation sites (tertiary alicyclic amines) is 1. The Labute approximate surface area is 146 Å². The van der Waals surface area contributed by atoms with Crippen molar-refractivity contribution < 1.29 is 4.79 Å². The summed E-state index contributed by atoms with van der Waals surface area (Å²) in [6, 6.07) is 5.64. The van der Waals surface area contributed by atoms with Crippen molar-refractivity contribution >= 4 is 34.8 Å². The normalized spacial score (nSPS) is 23.1. The van der Waals surface area contributed by atoms with Crippen LogP contribution in [0.5, 0.6) is 0 Å². The number of carbonyl (C=O) groups is 1. The summed E-state index contributed by atoms with van der Waals surface area (Å²) in [5.74, 6) is -0.0462. The molecule has 0 saturated carbocycles. The van der Waals surface area contributed by atoms with Gasteiger partial charge in [0.2, 0.25) is 5.91 Å². The molecule has 23 heavy (non-hydrogen) atoms. The Morgan fingerprint density at radius 1 is 1.26 bits per heavy atom. The molecule has 0 aromatic heterocycles. The highest BCUT2D eigenvalue weighted by Crippen LogP contribution is 2.25. The van der Waals surface area contributed by atoms with E-state index in [0.717, 1.165) is 45.7 Å². The van der Waals surface area contributed by atoms with E-state index in [0.29, 0.717) is 28.3 Å². The van der Waals surface area contributed by atoms with Crippen LogP contribution in [-0.4, -0.2) is 67.6 Å². The van der Waals surface area contributed by atoms with E-state index in [-0.39, 0.29) is 5.91 Å². The third-order valence-corrected chi connectivity index (χ3v) is 5.05. The molecule has 2 heterocycles. The van der Waals surface area contributed by atoms with Crippen LogP contribution in [0.2, 0.25) is 10.0 Å². The van der Waals surface area contributed by atoms with E-state index in [1.165, 1.54) is 0 Å². The van der Waals surface area contributed by atoms with Crippen LogP contribution in [0.25, 0.3) is 0 Å². The van der Waals surface area contributed by atoms with E-state index in [1.807, 2.05) is 0 Å². The summed E-state index contributed by atoms with van der Waals surface area (Å²) >= 11 is 12.0. The summed E-state index contributed by atoms with van der Waals surface area (Å²) in [5.41, 5.74) is 0.571. The summed E-state index contributed by atoms with van der Waals surface area (Å²) in [6.07, 6.45) is 1.13. The van der Waals surface area contributed by atoms with Crippen LogP contribution in [0.15, 0.2) is 18.2 Å². The monoisotopic (exact) mass is 356 g/mol. The topological polar surface area (TPSA) is 47.6 Å². The SMILES string of the molecule is O=C(CN1CCC(N2CCNCC2)C1)Nc1cc(Cl)ccc1Cl. The van der Waals surface area contributed by atoms with Gasteiger partial charge in [-0.25, -0.2) is 0 Å². The Balaban J connectivity index is 1.49. The number of nitrogens with one attached hydrogen (secondary N) is 2. The molecule has 5 nitrogen and oxygen atoms in total. The first-order valence-corrected chi connectivity index (χ1v) is 8.79. The summed E-state index contributed by atoms with van der Waals surface area (Å²) in [5, 5.41) is 7.29. The molecule has 1 amide bonds. The number of carbonyl (C=O) groups excluding carboxylic acids is 1. The summed E-state index contributed by atoms with van der Waals surface area (Å²) in [7, 11) is 0. The number of piperazine rings is 1.